The van der Waals surface area contributed by atoms with Gasteiger partial charge in [0.25, 0.3) is 5.91 Å². The number of carbonyl (C=O) groups excluding carboxylic acids is 1. The molecule has 4 aromatic rings. The van der Waals surface area contributed by atoms with Crippen LogP contribution in [-0.2, 0) is 6.54 Å². The molecule has 1 aromatic heterocycles. The number of amides is 1. The van der Waals surface area contributed by atoms with Crippen molar-refractivity contribution < 1.29 is 9.69 Å². The van der Waals surface area contributed by atoms with Crippen molar-refractivity contribution in [3.8, 4) is 11.3 Å². The molecule has 0 atom stereocenters. The third-order valence-corrected chi connectivity index (χ3v) is 7.02. The standard InChI is InChI=1S/C29H28ClN3O/c1-20-27(25-12-5-6-13-26(25)32-28(20)22-10-7-11-23(30)18-22)29(34)31-24-14-16-33(17-15-24)19-21-8-3-2-4-9-21/h2-13,18,24H,14-17,19H2,1H3,(H,31,34)/p+1. The number of quaternary nitrogens is 1. The van der Waals surface area contributed by atoms with E-state index in [4.69, 9.17) is 16.6 Å². The zero-order valence-electron chi connectivity index (χ0n) is 19.4. The lowest BCUT2D eigenvalue weighted by atomic mass is 9.96. The summed E-state index contributed by atoms with van der Waals surface area (Å²) >= 11 is 6.25. The Hall–Kier alpha value is -3.21. The number of likely N-dealkylation sites (tertiary alicyclic amines) is 1. The van der Waals surface area contributed by atoms with Gasteiger partial charge in [0.1, 0.15) is 6.54 Å². The van der Waals surface area contributed by atoms with E-state index >= 15 is 0 Å². The van der Waals surface area contributed by atoms with Crippen molar-refractivity contribution in [3.63, 3.8) is 0 Å². The van der Waals surface area contributed by atoms with Gasteiger partial charge in [-0.3, -0.25) is 4.79 Å². The van der Waals surface area contributed by atoms with Gasteiger partial charge in [0.05, 0.1) is 29.9 Å². The van der Waals surface area contributed by atoms with Gasteiger partial charge in [-0.2, -0.15) is 0 Å². The van der Waals surface area contributed by atoms with Crippen LogP contribution >= 0.6 is 11.6 Å². The van der Waals surface area contributed by atoms with E-state index in [0.29, 0.717) is 10.6 Å². The molecule has 2 heterocycles. The summed E-state index contributed by atoms with van der Waals surface area (Å²) in [6.45, 7) is 5.14. The minimum Gasteiger partial charge on any atom is -0.349 e. The highest BCUT2D eigenvalue weighted by Gasteiger charge is 2.26. The average Bonchev–Trinajstić information content (AvgIpc) is 2.85. The second-order valence-corrected chi connectivity index (χ2v) is 9.58. The van der Waals surface area contributed by atoms with Crippen molar-refractivity contribution in [2.24, 2.45) is 0 Å². The molecule has 0 aliphatic carbocycles. The number of benzene rings is 3. The molecule has 0 radical (unpaired) electrons. The van der Waals surface area contributed by atoms with Gasteiger partial charge in [-0.15, -0.1) is 0 Å². The lowest BCUT2D eigenvalue weighted by Gasteiger charge is -2.30. The van der Waals surface area contributed by atoms with Crippen LogP contribution in [0.25, 0.3) is 22.2 Å². The van der Waals surface area contributed by atoms with Crippen LogP contribution in [0.1, 0.15) is 34.3 Å². The summed E-state index contributed by atoms with van der Waals surface area (Å²) in [6.07, 6.45) is 1.97. The quantitative estimate of drug-likeness (QED) is 0.438. The zero-order valence-corrected chi connectivity index (χ0v) is 20.1. The van der Waals surface area contributed by atoms with Crippen LogP contribution in [-0.4, -0.2) is 30.0 Å². The van der Waals surface area contributed by atoms with Crippen molar-refractivity contribution in [1.82, 2.24) is 10.3 Å². The maximum Gasteiger partial charge on any atom is 0.252 e. The van der Waals surface area contributed by atoms with E-state index in [1.165, 1.54) is 5.56 Å². The molecule has 1 aliphatic rings. The minimum absolute atomic E-state index is 0.0177. The maximum absolute atomic E-state index is 13.6. The van der Waals surface area contributed by atoms with Gasteiger partial charge < -0.3 is 10.2 Å². The molecule has 1 amide bonds. The number of halogens is 1. The van der Waals surface area contributed by atoms with Crippen LogP contribution < -0.4 is 10.2 Å². The average molecular weight is 471 g/mol. The van der Waals surface area contributed by atoms with Crippen LogP contribution in [0, 0.1) is 6.92 Å². The summed E-state index contributed by atoms with van der Waals surface area (Å²) in [5.41, 5.74) is 5.49. The lowest BCUT2D eigenvalue weighted by molar-refractivity contribution is -0.918. The zero-order chi connectivity index (χ0) is 23.5. The van der Waals surface area contributed by atoms with E-state index in [0.717, 1.165) is 60.2 Å². The number of rotatable bonds is 5. The molecule has 34 heavy (non-hydrogen) atoms. The molecule has 4 nitrogen and oxygen atoms in total. The lowest BCUT2D eigenvalue weighted by Crippen LogP contribution is -3.12. The first-order valence-electron chi connectivity index (χ1n) is 11.9. The first-order chi connectivity index (χ1) is 16.6. The number of nitrogens with one attached hydrogen (secondary N) is 2. The summed E-state index contributed by atoms with van der Waals surface area (Å²) in [7, 11) is 0. The predicted octanol–water partition coefficient (Wildman–Crippen LogP) is 4.84. The Morgan fingerprint density at radius 2 is 1.74 bits per heavy atom. The molecule has 2 N–H and O–H groups in total. The van der Waals surface area contributed by atoms with Gasteiger partial charge in [-0.05, 0) is 30.7 Å². The number of hydrogen-bond donors (Lipinski definition) is 2. The minimum atomic E-state index is -0.0177. The Kier molecular flexibility index (Phi) is 6.61. The summed E-state index contributed by atoms with van der Waals surface area (Å²) in [4.78, 5) is 20.1. The summed E-state index contributed by atoms with van der Waals surface area (Å²) in [5, 5.41) is 4.88. The van der Waals surface area contributed by atoms with Gasteiger partial charge in [0.2, 0.25) is 0 Å². The largest absolute Gasteiger partial charge is 0.349 e. The molecule has 5 heteroatoms. The number of para-hydroxylation sites is 1. The Morgan fingerprint density at radius 1 is 1.00 bits per heavy atom. The fraction of sp³-hybridized carbons (Fsp3) is 0.241. The second-order valence-electron chi connectivity index (χ2n) is 9.15. The highest BCUT2D eigenvalue weighted by Crippen LogP contribution is 2.31. The highest BCUT2D eigenvalue weighted by atomic mass is 35.5. The highest BCUT2D eigenvalue weighted by molar-refractivity contribution is 6.30. The monoisotopic (exact) mass is 470 g/mol. The molecule has 172 valence electrons. The van der Waals surface area contributed by atoms with Crippen LogP contribution in [0.2, 0.25) is 5.02 Å². The van der Waals surface area contributed by atoms with Gasteiger partial charge in [-0.1, -0.05) is 72.3 Å². The van der Waals surface area contributed by atoms with Crippen LogP contribution in [0.15, 0.2) is 78.9 Å². The van der Waals surface area contributed by atoms with Crippen LogP contribution in [0.5, 0.6) is 0 Å². The molecular weight excluding hydrogens is 442 g/mol. The first kappa shape index (κ1) is 22.6. The molecule has 3 aromatic carbocycles. The number of piperidine rings is 1. The van der Waals surface area contributed by atoms with E-state index in [-0.39, 0.29) is 11.9 Å². The molecule has 1 aliphatic heterocycles. The fourth-order valence-electron chi connectivity index (χ4n) is 5.01. The smallest absolute Gasteiger partial charge is 0.252 e. The summed E-state index contributed by atoms with van der Waals surface area (Å²) in [6, 6.07) is 26.3. The van der Waals surface area contributed by atoms with Crippen molar-refractivity contribution in [3.05, 3.63) is 101 Å². The molecule has 1 saturated heterocycles. The van der Waals surface area contributed by atoms with E-state index in [2.05, 4.69) is 35.6 Å². The normalized spacial score (nSPS) is 18.1. The molecular formula is C29H29ClN3O+. The van der Waals surface area contributed by atoms with Crippen LogP contribution in [0.4, 0.5) is 0 Å². The van der Waals surface area contributed by atoms with E-state index in [1.807, 2.05) is 55.5 Å². The second kappa shape index (κ2) is 9.96. The van der Waals surface area contributed by atoms with Crippen LogP contribution in [0.3, 0.4) is 0 Å². The number of fused-ring (bicyclic) bond motifs is 1. The third kappa shape index (κ3) is 4.84. The van der Waals surface area contributed by atoms with Crippen molar-refractivity contribution in [1.29, 1.82) is 0 Å². The number of nitrogens with zero attached hydrogens (tertiary/aromatic N) is 1. The van der Waals surface area contributed by atoms with Gasteiger partial charge in [0, 0.05) is 40.4 Å². The van der Waals surface area contributed by atoms with Gasteiger partial charge in [-0.25, -0.2) is 4.98 Å². The van der Waals surface area contributed by atoms with Crippen molar-refractivity contribution >= 4 is 28.4 Å². The fourth-order valence-corrected chi connectivity index (χ4v) is 5.20. The van der Waals surface area contributed by atoms with E-state index in [1.54, 1.807) is 4.90 Å². The topological polar surface area (TPSA) is 46.4 Å². The third-order valence-electron chi connectivity index (χ3n) is 6.79. The Balaban J connectivity index is 1.36. The van der Waals surface area contributed by atoms with Gasteiger partial charge in [0.15, 0.2) is 0 Å². The number of aromatic nitrogens is 1. The molecule has 0 spiro atoms. The number of pyridine rings is 1. The molecule has 0 bridgehead atoms. The Bertz CT molecular complexity index is 1310. The molecule has 5 rings (SSSR count). The molecule has 0 saturated carbocycles. The summed E-state index contributed by atoms with van der Waals surface area (Å²) in [5.74, 6) is -0.0177. The summed E-state index contributed by atoms with van der Waals surface area (Å²) < 4.78 is 0. The Labute approximate surface area is 205 Å². The maximum atomic E-state index is 13.6. The molecule has 1 fully saturated rings. The van der Waals surface area contributed by atoms with E-state index in [9.17, 15) is 4.79 Å². The molecule has 0 unspecified atom stereocenters. The van der Waals surface area contributed by atoms with Crippen molar-refractivity contribution in [2.45, 2.75) is 32.4 Å². The SMILES string of the molecule is Cc1c(-c2cccc(Cl)c2)nc2ccccc2c1C(=O)NC1CC[NH+](Cc2ccccc2)CC1. The predicted molar refractivity (Wildman–Crippen MR) is 138 cm³/mol. The first-order valence-corrected chi connectivity index (χ1v) is 12.3. The van der Waals surface area contributed by atoms with Gasteiger partial charge >= 0.3 is 0 Å². The van der Waals surface area contributed by atoms with Crippen molar-refractivity contribution in [2.75, 3.05) is 13.1 Å². The number of carbonyl (C=O) groups is 1. The Morgan fingerprint density at radius 3 is 2.50 bits per heavy atom. The number of hydrogen-bond acceptors (Lipinski definition) is 2. The van der Waals surface area contributed by atoms with E-state index < -0.39 is 0 Å².